The van der Waals surface area contributed by atoms with Crippen LogP contribution in [0.1, 0.15) is 25.7 Å². The third-order valence-corrected chi connectivity index (χ3v) is 1.71. The minimum atomic E-state index is 0.844. The molecule has 0 saturated heterocycles. The van der Waals surface area contributed by atoms with Gasteiger partial charge >= 0.3 is 0 Å². The van der Waals surface area contributed by atoms with Gasteiger partial charge in [-0.05, 0) is 25.8 Å². The van der Waals surface area contributed by atoms with Gasteiger partial charge in [0.15, 0.2) is 0 Å². The Morgan fingerprint density at radius 2 is 2.25 bits per heavy atom. The molecule has 47 valence electrons. The molecule has 1 heteroatoms. The first-order valence-electron chi connectivity index (χ1n) is 3.46. The topological polar surface area (TPSA) is 12.0 Å². The molecule has 1 fully saturated rings. The van der Waals surface area contributed by atoms with Crippen LogP contribution in [0, 0.1) is 6.92 Å². The Morgan fingerprint density at radius 3 is 2.62 bits per heavy atom. The zero-order valence-corrected chi connectivity index (χ0v) is 5.32. The van der Waals surface area contributed by atoms with E-state index in [9.17, 15) is 0 Å². The maximum atomic E-state index is 3.75. The lowest BCUT2D eigenvalue weighted by Crippen LogP contribution is -2.35. The molecule has 1 aliphatic rings. The normalized spacial score (nSPS) is 20.6. The number of hydrogen-bond donors (Lipinski definition) is 1. The van der Waals surface area contributed by atoms with Crippen molar-refractivity contribution in [3.05, 3.63) is 6.92 Å². The monoisotopic (exact) mass is 112 g/mol. The van der Waals surface area contributed by atoms with Crippen molar-refractivity contribution >= 4 is 0 Å². The fourth-order valence-electron chi connectivity index (χ4n) is 0.919. The molecule has 0 amide bonds. The molecule has 0 unspecified atom stereocenters. The summed E-state index contributed by atoms with van der Waals surface area (Å²) < 4.78 is 0. The van der Waals surface area contributed by atoms with Gasteiger partial charge in [0.25, 0.3) is 0 Å². The van der Waals surface area contributed by atoms with E-state index in [0.29, 0.717) is 0 Å². The van der Waals surface area contributed by atoms with Gasteiger partial charge in [0.1, 0.15) is 0 Å². The van der Waals surface area contributed by atoms with Gasteiger partial charge in [-0.2, -0.15) is 0 Å². The highest BCUT2D eigenvalue weighted by Gasteiger charge is 2.14. The molecule has 0 bridgehead atoms. The molecule has 0 aromatic carbocycles. The fraction of sp³-hybridized carbons (Fsp3) is 0.857. The summed E-state index contributed by atoms with van der Waals surface area (Å²) in [6.07, 6.45) is 5.23. The van der Waals surface area contributed by atoms with E-state index in [1.165, 1.54) is 19.3 Å². The molecule has 1 saturated carbocycles. The summed E-state index contributed by atoms with van der Waals surface area (Å²) in [7, 11) is 0. The summed E-state index contributed by atoms with van der Waals surface area (Å²) in [6.45, 7) is 4.86. The first-order chi connectivity index (χ1) is 3.93. The smallest absolute Gasteiger partial charge is 0.00670 e. The summed E-state index contributed by atoms with van der Waals surface area (Å²) in [5, 5.41) is 3.41. The first kappa shape index (κ1) is 6.09. The van der Waals surface area contributed by atoms with Gasteiger partial charge in [-0.3, -0.25) is 0 Å². The van der Waals surface area contributed by atoms with Crippen molar-refractivity contribution in [3.8, 4) is 0 Å². The second-order valence-electron chi connectivity index (χ2n) is 2.44. The summed E-state index contributed by atoms with van der Waals surface area (Å²) >= 11 is 0. The maximum Gasteiger partial charge on any atom is 0.00670 e. The maximum absolute atomic E-state index is 3.75. The van der Waals surface area contributed by atoms with Crippen molar-refractivity contribution < 1.29 is 0 Å². The molecular formula is C7H14N. The first-order valence-corrected chi connectivity index (χ1v) is 3.46. The molecule has 1 N–H and O–H groups in total. The standard InChI is InChI=1S/C7H14N/c1-2-6-8-7-4-3-5-7/h7-8H,1-6H2. The highest BCUT2D eigenvalue weighted by molar-refractivity contribution is 4.75. The molecule has 0 spiro atoms. The van der Waals surface area contributed by atoms with Gasteiger partial charge in [-0.1, -0.05) is 13.3 Å². The second kappa shape index (κ2) is 3.08. The van der Waals surface area contributed by atoms with Crippen molar-refractivity contribution in [2.24, 2.45) is 0 Å². The van der Waals surface area contributed by atoms with Crippen LogP contribution in [0.25, 0.3) is 0 Å². The van der Waals surface area contributed by atoms with Crippen LogP contribution in [0.4, 0.5) is 0 Å². The molecule has 0 atom stereocenters. The number of hydrogen-bond acceptors (Lipinski definition) is 1. The van der Waals surface area contributed by atoms with E-state index in [1.54, 1.807) is 0 Å². The Morgan fingerprint density at radius 1 is 1.50 bits per heavy atom. The Kier molecular flexibility index (Phi) is 2.34. The summed E-state index contributed by atoms with van der Waals surface area (Å²) in [5.74, 6) is 0. The largest absolute Gasteiger partial charge is 0.314 e. The quantitative estimate of drug-likeness (QED) is 0.581. The Bertz CT molecular complexity index is 57.4. The van der Waals surface area contributed by atoms with Crippen LogP contribution < -0.4 is 5.32 Å². The van der Waals surface area contributed by atoms with Crippen molar-refractivity contribution in [2.75, 3.05) is 6.54 Å². The molecule has 8 heavy (non-hydrogen) atoms. The lowest BCUT2D eigenvalue weighted by Gasteiger charge is -2.26. The van der Waals surface area contributed by atoms with Gasteiger partial charge in [0.05, 0.1) is 0 Å². The van der Waals surface area contributed by atoms with Gasteiger partial charge in [-0.15, -0.1) is 0 Å². The minimum Gasteiger partial charge on any atom is -0.314 e. The van der Waals surface area contributed by atoms with Crippen LogP contribution in [0.15, 0.2) is 0 Å². The summed E-state index contributed by atoms with van der Waals surface area (Å²) in [4.78, 5) is 0. The van der Waals surface area contributed by atoms with Gasteiger partial charge in [0.2, 0.25) is 0 Å². The van der Waals surface area contributed by atoms with E-state index in [4.69, 9.17) is 0 Å². The highest BCUT2D eigenvalue weighted by Crippen LogP contribution is 2.17. The van der Waals surface area contributed by atoms with Gasteiger partial charge in [-0.25, -0.2) is 0 Å². The van der Waals surface area contributed by atoms with Crippen LogP contribution in [-0.2, 0) is 0 Å². The van der Waals surface area contributed by atoms with E-state index in [0.717, 1.165) is 19.0 Å². The molecule has 1 nitrogen and oxygen atoms in total. The van der Waals surface area contributed by atoms with Crippen molar-refractivity contribution in [3.63, 3.8) is 0 Å². The third kappa shape index (κ3) is 1.48. The average Bonchev–Trinajstić information content (AvgIpc) is 1.63. The number of nitrogens with one attached hydrogen (secondary N) is 1. The molecule has 0 aromatic rings. The predicted molar refractivity (Wildman–Crippen MR) is 35.6 cm³/mol. The molecular weight excluding hydrogens is 98.1 g/mol. The predicted octanol–water partition coefficient (Wildman–Crippen LogP) is 1.35. The molecule has 0 aliphatic heterocycles. The van der Waals surface area contributed by atoms with E-state index in [-0.39, 0.29) is 0 Å². The van der Waals surface area contributed by atoms with Crippen molar-refractivity contribution in [2.45, 2.75) is 31.7 Å². The number of rotatable bonds is 3. The molecule has 1 rings (SSSR count). The SMILES string of the molecule is [CH2]CCNC1CCC1. The van der Waals surface area contributed by atoms with Crippen LogP contribution in [-0.4, -0.2) is 12.6 Å². The lowest BCUT2D eigenvalue weighted by atomic mass is 9.93. The second-order valence-corrected chi connectivity index (χ2v) is 2.44. The molecule has 1 radical (unpaired) electrons. The van der Waals surface area contributed by atoms with Crippen LogP contribution in [0.5, 0.6) is 0 Å². The van der Waals surface area contributed by atoms with Crippen LogP contribution >= 0.6 is 0 Å². The Hall–Kier alpha value is -0.0400. The summed E-state index contributed by atoms with van der Waals surface area (Å²) in [6, 6.07) is 0.844. The Labute approximate surface area is 51.5 Å². The van der Waals surface area contributed by atoms with E-state index in [2.05, 4.69) is 12.2 Å². The lowest BCUT2D eigenvalue weighted by molar-refractivity contribution is 0.342. The fourth-order valence-corrected chi connectivity index (χ4v) is 0.919. The van der Waals surface area contributed by atoms with Gasteiger partial charge in [0, 0.05) is 6.04 Å². The van der Waals surface area contributed by atoms with E-state index in [1.807, 2.05) is 0 Å². The van der Waals surface area contributed by atoms with Crippen LogP contribution in [0.3, 0.4) is 0 Å². The zero-order chi connectivity index (χ0) is 5.82. The molecule has 0 aromatic heterocycles. The zero-order valence-electron chi connectivity index (χ0n) is 5.32. The van der Waals surface area contributed by atoms with Crippen molar-refractivity contribution in [1.29, 1.82) is 0 Å². The van der Waals surface area contributed by atoms with Crippen LogP contribution in [0.2, 0.25) is 0 Å². The molecule has 1 aliphatic carbocycles. The minimum absolute atomic E-state index is 0.844. The van der Waals surface area contributed by atoms with Crippen molar-refractivity contribution in [1.82, 2.24) is 5.32 Å². The average molecular weight is 112 g/mol. The van der Waals surface area contributed by atoms with Gasteiger partial charge < -0.3 is 5.32 Å². The van der Waals surface area contributed by atoms with E-state index < -0.39 is 0 Å². The summed E-state index contributed by atoms with van der Waals surface area (Å²) in [5.41, 5.74) is 0. The highest BCUT2D eigenvalue weighted by atomic mass is 14.9. The Balaban J connectivity index is 1.86. The third-order valence-electron chi connectivity index (χ3n) is 1.71. The molecule has 0 heterocycles. The van der Waals surface area contributed by atoms with E-state index >= 15 is 0 Å².